The zero-order valence-electron chi connectivity index (χ0n) is 17.8. The summed E-state index contributed by atoms with van der Waals surface area (Å²) in [7, 11) is -1.90. The van der Waals surface area contributed by atoms with E-state index in [-0.39, 0.29) is 30.2 Å². The molecule has 11 heteroatoms. The Morgan fingerprint density at radius 2 is 1.88 bits per heavy atom. The Morgan fingerprint density at radius 3 is 2.64 bits per heavy atom. The maximum Gasteiger partial charge on any atom is 0.336 e. The summed E-state index contributed by atoms with van der Waals surface area (Å²) in [6.07, 6.45) is 2.47. The van der Waals surface area contributed by atoms with Crippen LogP contribution in [0.15, 0.2) is 52.2 Å². The minimum atomic E-state index is -3.39. The summed E-state index contributed by atoms with van der Waals surface area (Å²) >= 11 is 0. The lowest BCUT2D eigenvalue weighted by atomic mass is 10.1. The van der Waals surface area contributed by atoms with Crippen molar-refractivity contribution in [1.29, 1.82) is 0 Å². The van der Waals surface area contributed by atoms with E-state index >= 15 is 0 Å². The number of ether oxygens (including phenoxy) is 3. The average molecular weight is 469 g/mol. The van der Waals surface area contributed by atoms with E-state index in [1.165, 1.54) is 23.9 Å². The van der Waals surface area contributed by atoms with Crippen molar-refractivity contribution in [3.63, 3.8) is 0 Å². The van der Waals surface area contributed by atoms with Crippen LogP contribution in [0, 0.1) is 0 Å². The lowest BCUT2D eigenvalue weighted by Crippen LogP contribution is -2.40. The molecule has 0 amide bonds. The first-order valence-corrected chi connectivity index (χ1v) is 12.0. The second kappa shape index (κ2) is 7.62. The van der Waals surface area contributed by atoms with Gasteiger partial charge in [-0.05, 0) is 18.2 Å². The summed E-state index contributed by atoms with van der Waals surface area (Å²) in [6, 6.07) is 9.87. The standard InChI is InChI=1S/C22H19N3O7S/c1-30-17-5-3-4-14-19(17)23-11-15-20(14)24(8-9-33(2,28)29)22(27)25(21(15)26)13-6-7-16-18(10-13)32-12-31-16/h3-7,10-11H,8-9,12H2,1-2H3. The van der Waals surface area contributed by atoms with E-state index in [0.29, 0.717) is 33.7 Å². The van der Waals surface area contributed by atoms with Crippen LogP contribution in [0.2, 0.25) is 0 Å². The number of hydrogen-bond donors (Lipinski definition) is 0. The van der Waals surface area contributed by atoms with Crippen molar-refractivity contribution in [2.24, 2.45) is 0 Å². The molecule has 0 aliphatic carbocycles. The molecule has 2 aromatic carbocycles. The van der Waals surface area contributed by atoms with Crippen LogP contribution in [-0.4, -0.2) is 48.4 Å². The van der Waals surface area contributed by atoms with Crippen LogP contribution >= 0.6 is 0 Å². The number of aromatic nitrogens is 3. The molecule has 2 aromatic heterocycles. The Labute approximate surface area is 187 Å². The average Bonchev–Trinajstić information content (AvgIpc) is 3.25. The quantitative estimate of drug-likeness (QED) is 0.403. The second-order valence-electron chi connectivity index (χ2n) is 7.62. The van der Waals surface area contributed by atoms with Crippen LogP contribution in [0.4, 0.5) is 0 Å². The highest BCUT2D eigenvalue weighted by atomic mass is 32.2. The van der Waals surface area contributed by atoms with Crippen molar-refractivity contribution in [3.05, 3.63) is 63.4 Å². The number of hydrogen-bond acceptors (Lipinski definition) is 8. The smallest absolute Gasteiger partial charge is 0.336 e. The predicted molar refractivity (Wildman–Crippen MR) is 121 cm³/mol. The summed E-state index contributed by atoms with van der Waals surface area (Å²) in [5, 5.41) is 0.675. The van der Waals surface area contributed by atoms with E-state index < -0.39 is 21.1 Å². The Morgan fingerprint density at radius 1 is 1.09 bits per heavy atom. The summed E-state index contributed by atoms with van der Waals surface area (Å²) < 4.78 is 42.2. The number of para-hydroxylation sites is 1. The Bertz CT molecular complexity index is 1660. The fraction of sp³-hybridized carbons (Fsp3) is 0.227. The highest BCUT2D eigenvalue weighted by Gasteiger charge is 2.21. The Hall–Kier alpha value is -3.86. The van der Waals surface area contributed by atoms with Gasteiger partial charge in [0.15, 0.2) is 11.5 Å². The Balaban J connectivity index is 1.88. The number of sulfone groups is 1. The molecular weight excluding hydrogens is 450 g/mol. The molecule has 170 valence electrons. The van der Waals surface area contributed by atoms with Gasteiger partial charge in [-0.15, -0.1) is 0 Å². The SMILES string of the molecule is COc1cccc2c1ncc1c(=O)n(-c3ccc4c(c3)OCO4)c(=O)n(CCS(C)(=O)=O)c12. The van der Waals surface area contributed by atoms with E-state index in [1.807, 2.05) is 0 Å². The maximum absolute atomic E-state index is 13.6. The molecule has 0 N–H and O–H groups in total. The molecule has 3 heterocycles. The zero-order chi connectivity index (χ0) is 23.3. The fourth-order valence-corrected chi connectivity index (χ4v) is 4.45. The monoisotopic (exact) mass is 469 g/mol. The third-order valence-electron chi connectivity index (χ3n) is 5.48. The summed E-state index contributed by atoms with van der Waals surface area (Å²) in [5.74, 6) is 1.10. The lowest BCUT2D eigenvalue weighted by molar-refractivity contribution is 0.174. The number of methoxy groups -OCH3 is 1. The Kier molecular flexibility index (Phi) is 4.85. The molecule has 0 saturated heterocycles. The minimum Gasteiger partial charge on any atom is -0.494 e. The van der Waals surface area contributed by atoms with Gasteiger partial charge in [0, 0.05) is 30.4 Å². The number of nitrogens with zero attached hydrogens (tertiary/aromatic N) is 3. The van der Waals surface area contributed by atoms with Gasteiger partial charge in [0.25, 0.3) is 5.56 Å². The van der Waals surface area contributed by atoms with Gasteiger partial charge in [0.1, 0.15) is 21.1 Å². The normalized spacial score (nSPS) is 13.0. The van der Waals surface area contributed by atoms with E-state index in [1.54, 1.807) is 30.3 Å². The molecule has 33 heavy (non-hydrogen) atoms. The topological polar surface area (TPSA) is 119 Å². The molecule has 0 radical (unpaired) electrons. The van der Waals surface area contributed by atoms with Crippen LogP contribution < -0.4 is 25.5 Å². The van der Waals surface area contributed by atoms with E-state index in [9.17, 15) is 18.0 Å². The van der Waals surface area contributed by atoms with Gasteiger partial charge in [-0.25, -0.2) is 17.8 Å². The number of pyridine rings is 1. The van der Waals surface area contributed by atoms with Crippen LogP contribution in [0.5, 0.6) is 17.2 Å². The van der Waals surface area contributed by atoms with Gasteiger partial charge in [-0.3, -0.25) is 14.3 Å². The van der Waals surface area contributed by atoms with Crippen molar-refractivity contribution >= 4 is 31.6 Å². The number of fused-ring (bicyclic) bond motifs is 4. The van der Waals surface area contributed by atoms with Gasteiger partial charge in [-0.1, -0.05) is 12.1 Å². The first-order valence-electron chi connectivity index (χ1n) is 9.97. The summed E-state index contributed by atoms with van der Waals surface area (Å²) in [4.78, 5) is 31.5. The molecule has 0 spiro atoms. The third-order valence-corrected chi connectivity index (χ3v) is 6.40. The molecule has 0 unspecified atom stereocenters. The van der Waals surface area contributed by atoms with Crippen molar-refractivity contribution < 1.29 is 22.6 Å². The van der Waals surface area contributed by atoms with Crippen molar-refractivity contribution in [2.45, 2.75) is 6.54 Å². The fourth-order valence-electron chi connectivity index (χ4n) is 3.93. The van der Waals surface area contributed by atoms with Gasteiger partial charge in [-0.2, -0.15) is 0 Å². The second-order valence-corrected chi connectivity index (χ2v) is 9.88. The molecule has 10 nitrogen and oxygen atoms in total. The first kappa shape index (κ1) is 21.0. The van der Waals surface area contributed by atoms with Gasteiger partial charge in [0.05, 0.1) is 29.5 Å². The first-order chi connectivity index (χ1) is 15.8. The lowest BCUT2D eigenvalue weighted by Gasteiger charge is -2.16. The number of aryl methyl sites for hydroxylation is 1. The predicted octanol–water partition coefficient (Wildman–Crippen LogP) is 1.48. The molecule has 0 atom stereocenters. The molecule has 5 rings (SSSR count). The molecule has 4 aromatic rings. The zero-order valence-corrected chi connectivity index (χ0v) is 18.6. The summed E-state index contributed by atoms with van der Waals surface area (Å²) in [5.41, 5.74) is -0.225. The van der Waals surface area contributed by atoms with Crippen molar-refractivity contribution in [2.75, 3.05) is 25.9 Å². The van der Waals surface area contributed by atoms with Crippen LogP contribution in [0.25, 0.3) is 27.5 Å². The maximum atomic E-state index is 13.6. The highest BCUT2D eigenvalue weighted by molar-refractivity contribution is 7.90. The molecule has 1 aliphatic rings. The molecule has 1 aliphatic heterocycles. The van der Waals surface area contributed by atoms with Crippen molar-refractivity contribution in [1.82, 2.24) is 14.1 Å². The largest absolute Gasteiger partial charge is 0.494 e. The molecule has 0 saturated carbocycles. The number of rotatable bonds is 5. The number of benzene rings is 2. The van der Waals surface area contributed by atoms with Gasteiger partial charge in [0.2, 0.25) is 6.79 Å². The minimum absolute atomic E-state index is 0.0434. The van der Waals surface area contributed by atoms with E-state index in [2.05, 4.69) is 4.98 Å². The van der Waals surface area contributed by atoms with Gasteiger partial charge < -0.3 is 14.2 Å². The molecule has 0 bridgehead atoms. The third kappa shape index (κ3) is 3.50. The summed E-state index contributed by atoms with van der Waals surface area (Å²) in [6.45, 7) is -0.100. The highest BCUT2D eigenvalue weighted by Crippen LogP contribution is 2.33. The van der Waals surface area contributed by atoms with E-state index in [4.69, 9.17) is 14.2 Å². The van der Waals surface area contributed by atoms with Crippen LogP contribution in [0.1, 0.15) is 0 Å². The van der Waals surface area contributed by atoms with Gasteiger partial charge >= 0.3 is 5.69 Å². The molecule has 0 fully saturated rings. The van der Waals surface area contributed by atoms with Crippen molar-refractivity contribution in [3.8, 4) is 22.9 Å². The molecular formula is C22H19N3O7S. The van der Waals surface area contributed by atoms with E-state index in [0.717, 1.165) is 10.8 Å². The van der Waals surface area contributed by atoms with Crippen LogP contribution in [0.3, 0.4) is 0 Å². The van der Waals surface area contributed by atoms with Crippen LogP contribution in [-0.2, 0) is 16.4 Å².